The molecule has 1 aliphatic rings. The zero-order valence-electron chi connectivity index (χ0n) is 12.0. The highest BCUT2D eigenvalue weighted by Crippen LogP contribution is 2.25. The molecule has 20 heavy (non-hydrogen) atoms. The molecule has 0 saturated heterocycles. The number of nitrogens with two attached hydrogens (primary N) is 1. The van der Waals surface area contributed by atoms with Gasteiger partial charge in [-0.1, -0.05) is 13.0 Å². The highest BCUT2D eigenvalue weighted by atomic mass is 127. The Bertz CT molecular complexity index is 390. The van der Waals surface area contributed by atoms with Crippen LogP contribution in [0.15, 0.2) is 22.5 Å². The van der Waals surface area contributed by atoms with E-state index in [1.54, 1.807) is 11.3 Å². The smallest absolute Gasteiger partial charge is 0.188 e. The number of aliphatic imine (C=N–C) groups is 1. The molecule has 6 heteroatoms. The van der Waals surface area contributed by atoms with Gasteiger partial charge in [-0.15, -0.1) is 35.3 Å². The summed E-state index contributed by atoms with van der Waals surface area (Å²) >= 11 is 1.78. The first-order valence-electron chi connectivity index (χ1n) is 7.10. The Balaban J connectivity index is 0.00000200. The van der Waals surface area contributed by atoms with Crippen LogP contribution < -0.4 is 11.1 Å². The first-order chi connectivity index (χ1) is 9.29. The lowest BCUT2D eigenvalue weighted by atomic mass is 10.3. The number of likely N-dealkylation sites (N-methyl/N-ethyl adjacent to an activating group) is 1. The van der Waals surface area contributed by atoms with E-state index in [1.807, 2.05) is 0 Å². The minimum absolute atomic E-state index is 0. The summed E-state index contributed by atoms with van der Waals surface area (Å²) in [5.41, 5.74) is 5.86. The highest BCUT2D eigenvalue weighted by Gasteiger charge is 2.26. The summed E-state index contributed by atoms with van der Waals surface area (Å²) in [5.74, 6) is 0.573. The van der Waals surface area contributed by atoms with Crippen molar-refractivity contribution in [1.29, 1.82) is 0 Å². The number of guanidine groups is 1. The topological polar surface area (TPSA) is 53.6 Å². The van der Waals surface area contributed by atoms with E-state index >= 15 is 0 Å². The van der Waals surface area contributed by atoms with Gasteiger partial charge < -0.3 is 11.1 Å². The van der Waals surface area contributed by atoms with Crippen molar-refractivity contribution in [3.63, 3.8) is 0 Å². The summed E-state index contributed by atoms with van der Waals surface area (Å²) in [7, 11) is 0. The van der Waals surface area contributed by atoms with Gasteiger partial charge in [0.05, 0.1) is 6.54 Å². The lowest BCUT2D eigenvalue weighted by molar-refractivity contribution is 0.286. The summed E-state index contributed by atoms with van der Waals surface area (Å²) in [6.07, 6.45) is 3.72. The Morgan fingerprint density at radius 3 is 2.95 bits per heavy atom. The van der Waals surface area contributed by atoms with Crippen LogP contribution in [0.3, 0.4) is 0 Å². The number of nitrogens with one attached hydrogen (secondary N) is 1. The fraction of sp³-hybridized carbons (Fsp3) is 0.643. The third-order valence-electron chi connectivity index (χ3n) is 3.40. The van der Waals surface area contributed by atoms with E-state index in [2.05, 4.69) is 39.6 Å². The molecule has 1 aromatic heterocycles. The van der Waals surface area contributed by atoms with Crippen LogP contribution in [0.2, 0.25) is 0 Å². The second-order valence-electron chi connectivity index (χ2n) is 4.88. The van der Waals surface area contributed by atoms with Crippen LogP contribution in [0.25, 0.3) is 0 Å². The normalized spacial score (nSPS) is 15.2. The molecule has 0 atom stereocenters. The highest BCUT2D eigenvalue weighted by molar-refractivity contribution is 14.0. The van der Waals surface area contributed by atoms with Gasteiger partial charge in [0.1, 0.15) is 0 Å². The van der Waals surface area contributed by atoms with Crippen molar-refractivity contribution in [3.8, 4) is 0 Å². The zero-order chi connectivity index (χ0) is 13.5. The molecule has 0 aliphatic heterocycles. The molecule has 4 nitrogen and oxygen atoms in total. The number of hydrogen-bond acceptors (Lipinski definition) is 3. The molecule has 0 radical (unpaired) electrons. The van der Waals surface area contributed by atoms with E-state index in [0.717, 1.165) is 38.6 Å². The maximum Gasteiger partial charge on any atom is 0.188 e. The third-order valence-corrected chi connectivity index (χ3v) is 4.33. The Morgan fingerprint density at radius 1 is 1.55 bits per heavy atom. The molecule has 0 spiro atoms. The van der Waals surface area contributed by atoms with Crippen LogP contribution in [0, 0.1) is 0 Å². The zero-order valence-corrected chi connectivity index (χ0v) is 15.2. The SMILES string of the molecule is CCN(CCN=C(N)NCCc1cccs1)C1CC1.I. The predicted molar refractivity (Wildman–Crippen MR) is 98.2 cm³/mol. The van der Waals surface area contributed by atoms with Gasteiger partial charge in [-0.2, -0.15) is 0 Å². The van der Waals surface area contributed by atoms with E-state index in [9.17, 15) is 0 Å². The van der Waals surface area contributed by atoms with E-state index in [4.69, 9.17) is 5.73 Å². The van der Waals surface area contributed by atoms with Gasteiger partial charge >= 0.3 is 0 Å². The van der Waals surface area contributed by atoms with Crippen molar-refractivity contribution in [2.75, 3.05) is 26.2 Å². The summed E-state index contributed by atoms with van der Waals surface area (Å²) in [6, 6.07) is 5.04. The van der Waals surface area contributed by atoms with Crippen molar-refractivity contribution >= 4 is 41.3 Å². The second kappa shape index (κ2) is 9.57. The fourth-order valence-electron chi connectivity index (χ4n) is 2.16. The van der Waals surface area contributed by atoms with Crippen LogP contribution in [0.5, 0.6) is 0 Å². The van der Waals surface area contributed by atoms with Gasteiger partial charge in [0.25, 0.3) is 0 Å². The summed E-state index contributed by atoms with van der Waals surface area (Å²) in [6.45, 7) is 6.00. The van der Waals surface area contributed by atoms with Gasteiger partial charge in [-0.05, 0) is 37.3 Å². The van der Waals surface area contributed by atoms with E-state index in [0.29, 0.717) is 5.96 Å². The molecule has 3 N–H and O–H groups in total. The molecule has 2 rings (SSSR count). The van der Waals surface area contributed by atoms with Crippen LogP contribution in [0.1, 0.15) is 24.6 Å². The predicted octanol–water partition coefficient (Wildman–Crippen LogP) is 2.30. The lowest BCUT2D eigenvalue weighted by Gasteiger charge is -2.18. The van der Waals surface area contributed by atoms with Gasteiger partial charge in [-0.3, -0.25) is 9.89 Å². The average Bonchev–Trinajstić information content (AvgIpc) is 3.12. The third kappa shape index (κ3) is 6.41. The van der Waals surface area contributed by atoms with Crippen LogP contribution >= 0.6 is 35.3 Å². The minimum Gasteiger partial charge on any atom is -0.370 e. The summed E-state index contributed by atoms with van der Waals surface area (Å²) in [4.78, 5) is 8.26. The van der Waals surface area contributed by atoms with Crippen molar-refractivity contribution in [1.82, 2.24) is 10.2 Å². The Hall–Kier alpha value is -0.340. The number of hydrogen-bond donors (Lipinski definition) is 2. The van der Waals surface area contributed by atoms with Gasteiger partial charge in [0, 0.05) is 24.0 Å². The second-order valence-corrected chi connectivity index (χ2v) is 5.92. The van der Waals surface area contributed by atoms with Crippen molar-refractivity contribution in [2.24, 2.45) is 10.7 Å². The Morgan fingerprint density at radius 2 is 2.35 bits per heavy atom. The standard InChI is InChI=1S/C14H24N4S.HI/c1-2-18(12-5-6-12)10-9-17-14(15)16-8-7-13-4-3-11-19-13;/h3-4,11-12H,2,5-10H2,1H3,(H3,15,16,17);1H. The van der Waals surface area contributed by atoms with Crippen LogP contribution in [0.4, 0.5) is 0 Å². The molecule has 0 bridgehead atoms. The maximum absolute atomic E-state index is 5.86. The molecule has 1 aliphatic carbocycles. The monoisotopic (exact) mass is 408 g/mol. The maximum atomic E-state index is 5.86. The molecule has 1 saturated carbocycles. The Labute approximate surface area is 142 Å². The molecule has 114 valence electrons. The summed E-state index contributed by atoms with van der Waals surface area (Å²) in [5, 5.41) is 5.27. The number of rotatable bonds is 8. The quantitative estimate of drug-likeness (QED) is 0.394. The Kier molecular flexibility index (Phi) is 8.47. The number of nitrogens with zero attached hydrogens (tertiary/aromatic N) is 2. The molecule has 1 heterocycles. The van der Waals surface area contributed by atoms with Crippen LogP contribution in [-0.2, 0) is 6.42 Å². The number of thiophene rings is 1. The number of halogens is 1. The minimum atomic E-state index is 0. The fourth-order valence-corrected chi connectivity index (χ4v) is 2.87. The first kappa shape index (κ1) is 17.7. The lowest BCUT2D eigenvalue weighted by Crippen LogP contribution is -2.34. The molecule has 0 unspecified atom stereocenters. The molecule has 1 aromatic rings. The van der Waals surface area contributed by atoms with E-state index in [-0.39, 0.29) is 24.0 Å². The molecular formula is C14H25IN4S. The van der Waals surface area contributed by atoms with E-state index < -0.39 is 0 Å². The average molecular weight is 408 g/mol. The van der Waals surface area contributed by atoms with Gasteiger partial charge in [-0.25, -0.2) is 0 Å². The van der Waals surface area contributed by atoms with Crippen molar-refractivity contribution in [2.45, 2.75) is 32.2 Å². The van der Waals surface area contributed by atoms with Crippen LogP contribution in [-0.4, -0.2) is 43.1 Å². The molecular weight excluding hydrogens is 383 g/mol. The van der Waals surface area contributed by atoms with Gasteiger partial charge in [0.15, 0.2) is 5.96 Å². The largest absolute Gasteiger partial charge is 0.370 e. The van der Waals surface area contributed by atoms with Crippen molar-refractivity contribution in [3.05, 3.63) is 22.4 Å². The molecule has 1 fully saturated rings. The summed E-state index contributed by atoms with van der Waals surface area (Å²) < 4.78 is 0. The van der Waals surface area contributed by atoms with E-state index in [1.165, 1.54) is 17.7 Å². The molecule has 0 amide bonds. The first-order valence-corrected chi connectivity index (χ1v) is 7.97. The molecule has 0 aromatic carbocycles. The van der Waals surface area contributed by atoms with Crippen molar-refractivity contribution < 1.29 is 0 Å². The van der Waals surface area contributed by atoms with Gasteiger partial charge in [0.2, 0.25) is 0 Å².